The van der Waals surface area contributed by atoms with Gasteiger partial charge < -0.3 is 9.13 Å². The normalized spacial score (nSPS) is 12.2. The highest BCUT2D eigenvalue weighted by atomic mass is 15.0. The first-order valence-electron chi connectivity index (χ1n) is 14.5. The highest BCUT2D eigenvalue weighted by Gasteiger charge is 2.22. The molecule has 5 aromatic heterocycles. The van der Waals surface area contributed by atoms with E-state index >= 15 is 0 Å². The second kappa shape index (κ2) is 8.30. The minimum atomic E-state index is 0.913. The van der Waals surface area contributed by atoms with Crippen LogP contribution in [0.5, 0.6) is 0 Å². The summed E-state index contributed by atoms with van der Waals surface area (Å²) in [4.78, 5) is 9.58. The summed E-state index contributed by atoms with van der Waals surface area (Å²) in [6, 6.07) is 43.6. The number of rotatable bonds is 2. The molecule has 0 unspecified atom stereocenters. The number of aromatic nitrogens is 5. The van der Waals surface area contributed by atoms with E-state index in [9.17, 15) is 0 Å². The van der Waals surface area contributed by atoms with Crippen LogP contribution < -0.4 is 0 Å². The number of hydrogen-bond donors (Lipinski definition) is 0. The van der Waals surface area contributed by atoms with E-state index in [-0.39, 0.29) is 0 Å². The largest absolute Gasteiger partial charge is 0.309 e. The molecule has 10 rings (SSSR count). The molecule has 0 N–H and O–H groups in total. The smallest absolute Gasteiger partial charge is 0.146 e. The van der Waals surface area contributed by atoms with Gasteiger partial charge in [-0.1, -0.05) is 60.7 Å². The number of para-hydroxylation sites is 3. The van der Waals surface area contributed by atoms with Gasteiger partial charge in [0.05, 0.1) is 22.1 Å². The summed E-state index contributed by atoms with van der Waals surface area (Å²) < 4.78 is 6.94. The zero-order valence-corrected chi connectivity index (χ0v) is 23.0. The van der Waals surface area contributed by atoms with E-state index in [1.165, 1.54) is 38.1 Å². The van der Waals surface area contributed by atoms with Gasteiger partial charge in [0.1, 0.15) is 11.3 Å². The van der Waals surface area contributed by atoms with Gasteiger partial charge in [-0.3, -0.25) is 4.40 Å². The number of imidazole rings is 1. The Labute approximate surface area is 245 Å². The van der Waals surface area contributed by atoms with Crippen molar-refractivity contribution in [2.75, 3.05) is 0 Å². The van der Waals surface area contributed by atoms with Gasteiger partial charge in [-0.15, -0.1) is 0 Å². The molecule has 0 bridgehead atoms. The van der Waals surface area contributed by atoms with E-state index in [2.05, 4.69) is 129 Å². The molecule has 0 radical (unpaired) electrons. The first kappa shape index (κ1) is 22.7. The van der Waals surface area contributed by atoms with Crippen molar-refractivity contribution in [1.29, 1.82) is 0 Å². The number of pyridine rings is 2. The molecule has 0 saturated heterocycles. The molecule has 5 heteroatoms. The van der Waals surface area contributed by atoms with Gasteiger partial charge in [0.25, 0.3) is 0 Å². The molecule has 0 atom stereocenters. The topological polar surface area (TPSA) is 40.0 Å². The van der Waals surface area contributed by atoms with Crippen LogP contribution in [0.4, 0.5) is 0 Å². The molecule has 43 heavy (non-hydrogen) atoms. The molecule has 5 heterocycles. The molecule has 0 saturated carbocycles. The van der Waals surface area contributed by atoms with Crippen LogP contribution >= 0.6 is 0 Å². The highest BCUT2D eigenvalue weighted by Crippen LogP contribution is 2.44. The van der Waals surface area contributed by atoms with Crippen molar-refractivity contribution in [3.63, 3.8) is 0 Å². The molecular weight excluding hydrogens is 526 g/mol. The second-order valence-electron chi connectivity index (χ2n) is 11.1. The monoisotopic (exact) mass is 549 g/mol. The third-order valence-corrected chi connectivity index (χ3v) is 8.92. The third-order valence-electron chi connectivity index (χ3n) is 8.92. The zero-order valence-electron chi connectivity index (χ0n) is 23.0. The van der Waals surface area contributed by atoms with Crippen molar-refractivity contribution >= 4 is 71.1 Å². The Morgan fingerprint density at radius 3 is 1.95 bits per heavy atom. The Bertz CT molecular complexity index is 2710. The van der Waals surface area contributed by atoms with Crippen LogP contribution in [0.2, 0.25) is 0 Å². The maximum Gasteiger partial charge on any atom is 0.146 e. The fraction of sp³-hybridized carbons (Fsp3) is 0. The maximum atomic E-state index is 4.80. The van der Waals surface area contributed by atoms with Crippen molar-refractivity contribution in [2.24, 2.45) is 0 Å². The van der Waals surface area contributed by atoms with E-state index in [1.54, 1.807) is 0 Å². The molecule has 0 aliphatic rings. The third kappa shape index (κ3) is 2.95. The van der Waals surface area contributed by atoms with Crippen LogP contribution in [0.3, 0.4) is 0 Å². The fourth-order valence-corrected chi connectivity index (χ4v) is 7.18. The van der Waals surface area contributed by atoms with Crippen LogP contribution in [0.25, 0.3) is 82.4 Å². The number of fused-ring (bicyclic) bond motifs is 13. The van der Waals surface area contributed by atoms with Gasteiger partial charge in [-0.05, 0) is 66.0 Å². The Kier molecular flexibility index (Phi) is 4.39. The fourth-order valence-electron chi connectivity index (χ4n) is 7.18. The maximum absolute atomic E-state index is 4.80. The quantitative estimate of drug-likeness (QED) is 0.202. The van der Waals surface area contributed by atoms with E-state index in [0.29, 0.717) is 0 Å². The summed E-state index contributed by atoms with van der Waals surface area (Å²) in [5.74, 6) is 0. The predicted octanol–water partition coefficient (Wildman–Crippen LogP) is 9.23. The van der Waals surface area contributed by atoms with Crippen molar-refractivity contribution in [2.45, 2.75) is 0 Å². The van der Waals surface area contributed by atoms with Crippen molar-refractivity contribution in [3.05, 3.63) is 140 Å². The average molecular weight is 550 g/mol. The summed E-state index contributed by atoms with van der Waals surface area (Å²) in [5.41, 5.74) is 8.85. The lowest BCUT2D eigenvalue weighted by Gasteiger charge is -2.10. The Hall–Kier alpha value is -5.94. The molecule has 0 aliphatic heterocycles. The SMILES string of the molecule is c1ccc(-n2c3cc4c(cc3c3c2ccc2c5ccccc5n(-c5ccccc5)c23)c2cccnc2n2ccnc42)cc1. The van der Waals surface area contributed by atoms with Gasteiger partial charge >= 0.3 is 0 Å². The van der Waals surface area contributed by atoms with E-state index in [0.717, 1.165) is 44.3 Å². The van der Waals surface area contributed by atoms with E-state index in [1.807, 2.05) is 24.7 Å². The molecule has 10 aromatic rings. The van der Waals surface area contributed by atoms with E-state index in [4.69, 9.17) is 9.97 Å². The zero-order chi connectivity index (χ0) is 28.1. The lowest BCUT2D eigenvalue weighted by Crippen LogP contribution is -1.95. The van der Waals surface area contributed by atoms with Crippen LogP contribution in [0, 0.1) is 0 Å². The minimum absolute atomic E-state index is 0.913. The van der Waals surface area contributed by atoms with Crippen LogP contribution in [0.1, 0.15) is 0 Å². The van der Waals surface area contributed by atoms with Gasteiger partial charge in [0.2, 0.25) is 0 Å². The molecule has 0 aliphatic carbocycles. The molecule has 5 aromatic carbocycles. The summed E-state index contributed by atoms with van der Waals surface area (Å²) in [7, 11) is 0. The van der Waals surface area contributed by atoms with Crippen molar-refractivity contribution < 1.29 is 0 Å². The Morgan fingerprint density at radius 1 is 0.419 bits per heavy atom. The molecule has 5 nitrogen and oxygen atoms in total. The summed E-state index contributed by atoms with van der Waals surface area (Å²) in [6.45, 7) is 0. The van der Waals surface area contributed by atoms with Crippen molar-refractivity contribution in [1.82, 2.24) is 23.5 Å². The highest BCUT2D eigenvalue weighted by molar-refractivity contribution is 6.28. The van der Waals surface area contributed by atoms with Crippen LogP contribution in [-0.4, -0.2) is 23.5 Å². The lowest BCUT2D eigenvalue weighted by atomic mass is 10.0. The van der Waals surface area contributed by atoms with Crippen molar-refractivity contribution in [3.8, 4) is 11.4 Å². The molecule has 0 fully saturated rings. The lowest BCUT2D eigenvalue weighted by molar-refractivity contribution is 1.17. The second-order valence-corrected chi connectivity index (χ2v) is 11.1. The summed E-state index contributed by atoms with van der Waals surface area (Å²) in [5, 5.41) is 8.31. The number of hydrogen-bond acceptors (Lipinski definition) is 2. The molecular formula is C38H23N5. The Morgan fingerprint density at radius 2 is 1.12 bits per heavy atom. The first-order valence-corrected chi connectivity index (χ1v) is 14.5. The van der Waals surface area contributed by atoms with Gasteiger partial charge in [-0.2, -0.15) is 0 Å². The number of nitrogens with zero attached hydrogens (tertiary/aromatic N) is 5. The molecule has 0 amide bonds. The summed E-state index contributed by atoms with van der Waals surface area (Å²) >= 11 is 0. The molecule has 0 spiro atoms. The molecule has 200 valence electrons. The van der Waals surface area contributed by atoms with Gasteiger partial charge in [0.15, 0.2) is 0 Å². The first-order chi connectivity index (χ1) is 21.4. The van der Waals surface area contributed by atoms with Gasteiger partial charge in [0, 0.05) is 62.3 Å². The number of benzene rings is 5. The van der Waals surface area contributed by atoms with Gasteiger partial charge in [-0.25, -0.2) is 9.97 Å². The van der Waals surface area contributed by atoms with Crippen LogP contribution in [-0.2, 0) is 0 Å². The summed E-state index contributed by atoms with van der Waals surface area (Å²) in [6.07, 6.45) is 5.72. The average Bonchev–Trinajstić information content (AvgIpc) is 3.78. The predicted molar refractivity (Wildman–Crippen MR) is 177 cm³/mol. The Balaban J connectivity index is 1.51. The minimum Gasteiger partial charge on any atom is -0.309 e. The van der Waals surface area contributed by atoms with Crippen LogP contribution in [0.15, 0.2) is 140 Å². The standard InChI is InChI=1S/C38H23N5/c1-3-10-24(11-4-1)42-33-18-17-27-26-14-7-8-16-32(26)43(25-12-5-2-6-13-25)36(27)35(33)31-22-29-28-15-9-19-39-37(28)41-21-20-40-38(41)30(29)23-34(31)42/h1-23H. The van der Waals surface area contributed by atoms with E-state index < -0.39 is 0 Å².